The van der Waals surface area contributed by atoms with Crippen molar-refractivity contribution in [1.82, 2.24) is 9.80 Å². The molecular weight excluding hydrogens is 156 g/mol. The Labute approximate surface area is 74.9 Å². The first-order chi connectivity index (χ1) is 5.16. The number of hydrogen-bond acceptors (Lipinski definition) is 3. The van der Waals surface area contributed by atoms with E-state index in [0.717, 1.165) is 6.54 Å². The zero-order valence-electron chi connectivity index (χ0n) is 8.13. The van der Waals surface area contributed by atoms with Crippen LogP contribution in [0.25, 0.3) is 0 Å². The van der Waals surface area contributed by atoms with Crippen molar-refractivity contribution in [3.05, 3.63) is 0 Å². The zero-order chi connectivity index (χ0) is 8.69. The van der Waals surface area contributed by atoms with Gasteiger partial charge >= 0.3 is 0 Å². The highest BCUT2D eigenvalue weighted by Crippen LogP contribution is 1.92. The summed E-state index contributed by atoms with van der Waals surface area (Å²) in [6.45, 7) is 3.54. The molecule has 0 rings (SSSR count). The molecule has 0 N–H and O–H groups in total. The van der Waals surface area contributed by atoms with Crippen molar-refractivity contribution < 1.29 is 0 Å². The molecule has 2 nitrogen and oxygen atoms in total. The van der Waals surface area contributed by atoms with Crippen LogP contribution in [0.3, 0.4) is 0 Å². The van der Waals surface area contributed by atoms with Gasteiger partial charge in [-0.3, -0.25) is 0 Å². The second-order valence-corrected chi connectivity index (χ2v) is 4.08. The summed E-state index contributed by atoms with van der Waals surface area (Å²) in [7, 11) is 6.41. The minimum absolute atomic E-state index is 1.16. The van der Waals surface area contributed by atoms with Crippen LogP contribution in [-0.4, -0.2) is 62.6 Å². The van der Waals surface area contributed by atoms with Crippen LogP contribution in [0, 0.1) is 0 Å². The summed E-state index contributed by atoms with van der Waals surface area (Å²) < 4.78 is 0. The average molecular weight is 176 g/mol. The first-order valence-corrected chi connectivity index (χ1v) is 5.38. The third kappa shape index (κ3) is 8.17. The van der Waals surface area contributed by atoms with E-state index in [0.29, 0.717) is 0 Å². The molecule has 0 saturated carbocycles. The summed E-state index contributed by atoms with van der Waals surface area (Å²) in [5.74, 6) is 1.24. The predicted molar refractivity (Wildman–Crippen MR) is 54.4 cm³/mol. The molecule has 0 aliphatic carbocycles. The van der Waals surface area contributed by atoms with E-state index in [-0.39, 0.29) is 0 Å². The van der Waals surface area contributed by atoms with Gasteiger partial charge in [-0.25, -0.2) is 0 Å². The number of hydrogen-bond donors (Lipinski definition) is 0. The predicted octanol–water partition coefficient (Wildman–Crippen LogP) is 0.843. The molecule has 0 saturated heterocycles. The fourth-order valence-corrected chi connectivity index (χ4v) is 1.22. The maximum atomic E-state index is 2.37. The average Bonchev–Trinajstić information content (AvgIpc) is 1.97. The van der Waals surface area contributed by atoms with Gasteiger partial charge < -0.3 is 9.80 Å². The molecule has 3 heteroatoms. The lowest BCUT2D eigenvalue weighted by molar-refractivity contribution is 0.294. The molecule has 0 fully saturated rings. The van der Waals surface area contributed by atoms with E-state index in [1.165, 1.54) is 18.8 Å². The Morgan fingerprint density at radius 3 is 2.09 bits per heavy atom. The molecule has 0 aliphatic rings. The summed E-state index contributed by atoms with van der Waals surface area (Å²) in [5, 5.41) is 0. The minimum atomic E-state index is 1.16. The Hall–Kier alpha value is 0.270. The Morgan fingerprint density at radius 2 is 1.64 bits per heavy atom. The first-order valence-electron chi connectivity index (χ1n) is 3.99. The fraction of sp³-hybridized carbons (Fsp3) is 1.00. The van der Waals surface area contributed by atoms with Gasteiger partial charge in [-0.1, -0.05) is 0 Å². The van der Waals surface area contributed by atoms with Crippen molar-refractivity contribution in [2.75, 3.05) is 52.8 Å². The van der Waals surface area contributed by atoms with Gasteiger partial charge in [-0.05, 0) is 27.4 Å². The van der Waals surface area contributed by atoms with E-state index in [2.05, 4.69) is 37.2 Å². The second kappa shape index (κ2) is 6.95. The van der Waals surface area contributed by atoms with E-state index >= 15 is 0 Å². The van der Waals surface area contributed by atoms with Gasteiger partial charge in [0.25, 0.3) is 0 Å². The summed E-state index contributed by atoms with van der Waals surface area (Å²) in [6.07, 6.45) is 2.15. The van der Waals surface area contributed by atoms with Crippen LogP contribution in [0.1, 0.15) is 0 Å². The molecule has 0 bridgehead atoms. The Morgan fingerprint density at radius 1 is 1.00 bits per heavy atom. The lowest BCUT2D eigenvalue weighted by atomic mass is 10.5. The lowest BCUT2D eigenvalue weighted by Crippen LogP contribution is -2.30. The topological polar surface area (TPSA) is 6.48 Å². The van der Waals surface area contributed by atoms with Gasteiger partial charge in [-0.2, -0.15) is 11.8 Å². The van der Waals surface area contributed by atoms with Crippen LogP contribution in [0.4, 0.5) is 0 Å². The molecular formula is C8H20N2S. The second-order valence-electron chi connectivity index (χ2n) is 3.10. The highest BCUT2D eigenvalue weighted by atomic mass is 32.2. The molecule has 0 amide bonds. The van der Waals surface area contributed by atoms with Crippen LogP contribution in [0.15, 0.2) is 0 Å². The normalized spacial score (nSPS) is 11.5. The monoisotopic (exact) mass is 176 g/mol. The summed E-state index contributed by atoms with van der Waals surface area (Å²) in [6, 6.07) is 0. The number of rotatable bonds is 6. The lowest BCUT2D eigenvalue weighted by Gasteiger charge is -2.18. The minimum Gasteiger partial charge on any atom is -0.308 e. The molecule has 0 radical (unpaired) electrons. The van der Waals surface area contributed by atoms with Crippen molar-refractivity contribution in [2.24, 2.45) is 0 Å². The van der Waals surface area contributed by atoms with Crippen LogP contribution in [0.2, 0.25) is 0 Å². The van der Waals surface area contributed by atoms with E-state index in [1.54, 1.807) is 0 Å². The van der Waals surface area contributed by atoms with Crippen molar-refractivity contribution >= 4 is 11.8 Å². The van der Waals surface area contributed by atoms with Gasteiger partial charge in [0.15, 0.2) is 0 Å². The van der Waals surface area contributed by atoms with Gasteiger partial charge in [0.05, 0.1) is 0 Å². The molecule has 0 aromatic heterocycles. The largest absolute Gasteiger partial charge is 0.308 e. The molecule has 0 spiro atoms. The maximum Gasteiger partial charge on any atom is 0.0106 e. The summed E-state index contributed by atoms with van der Waals surface area (Å²) >= 11 is 1.91. The smallest absolute Gasteiger partial charge is 0.0106 e. The van der Waals surface area contributed by atoms with Crippen molar-refractivity contribution in [3.8, 4) is 0 Å². The molecule has 0 atom stereocenters. The number of nitrogens with zero attached hydrogens (tertiary/aromatic N) is 2. The van der Waals surface area contributed by atoms with E-state index in [9.17, 15) is 0 Å². The Balaban J connectivity index is 3.15. The first kappa shape index (κ1) is 11.3. The van der Waals surface area contributed by atoms with Crippen LogP contribution < -0.4 is 0 Å². The molecule has 11 heavy (non-hydrogen) atoms. The van der Waals surface area contributed by atoms with Crippen LogP contribution >= 0.6 is 11.8 Å². The Kier molecular flexibility index (Phi) is 7.12. The third-order valence-electron chi connectivity index (χ3n) is 1.61. The van der Waals surface area contributed by atoms with Crippen LogP contribution in [-0.2, 0) is 0 Å². The number of likely N-dealkylation sites (N-methyl/N-ethyl adjacent to an activating group) is 2. The van der Waals surface area contributed by atoms with Gasteiger partial charge in [0, 0.05) is 25.4 Å². The molecule has 0 unspecified atom stereocenters. The summed E-state index contributed by atoms with van der Waals surface area (Å²) in [4.78, 5) is 4.59. The molecule has 68 valence electrons. The van der Waals surface area contributed by atoms with Crippen molar-refractivity contribution in [1.29, 1.82) is 0 Å². The van der Waals surface area contributed by atoms with E-state index < -0.39 is 0 Å². The standard InChI is InChI=1S/C8H20N2S/c1-9(2)5-6-10(3)7-8-11-4/h5-8H2,1-4H3. The van der Waals surface area contributed by atoms with Gasteiger partial charge in [0.2, 0.25) is 0 Å². The molecule has 0 aliphatic heterocycles. The maximum absolute atomic E-state index is 2.37. The zero-order valence-corrected chi connectivity index (χ0v) is 8.95. The highest BCUT2D eigenvalue weighted by Gasteiger charge is 1.97. The summed E-state index contributed by atoms with van der Waals surface area (Å²) in [5.41, 5.74) is 0. The van der Waals surface area contributed by atoms with Crippen LogP contribution in [0.5, 0.6) is 0 Å². The third-order valence-corrected chi connectivity index (χ3v) is 2.20. The van der Waals surface area contributed by atoms with E-state index in [1.807, 2.05) is 11.8 Å². The molecule has 0 heterocycles. The molecule has 0 aromatic carbocycles. The quantitative estimate of drug-likeness (QED) is 0.592. The van der Waals surface area contributed by atoms with Gasteiger partial charge in [0.1, 0.15) is 0 Å². The molecule has 0 aromatic rings. The van der Waals surface area contributed by atoms with Gasteiger partial charge in [-0.15, -0.1) is 0 Å². The fourth-order valence-electron chi connectivity index (χ4n) is 0.730. The Bertz CT molecular complexity index is 86.2. The SMILES string of the molecule is CSCCN(C)CCN(C)C. The van der Waals surface area contributed by atoms with Crippen molar-refractivity contribution in [2.45, 2.75) is 0 Å². The van der Waals surface area contributed by atoms with Crippen molar-refractivity contribution in [3.63, 3.8) is 0 Å². The van der Waals surface area contributed by atoms with E-state index in [4.69, 9.17) is 0 Å². The highest BCUT2D eigenvalue weighted by molar-refractivity contribution is 7.98. The number of thioether (sulfide) groups is 1.